The quantitative estimate of drug-likeness (QED) is 0.486. The van der Waals surface area contributed by atoms with Crippen molar-refractivity contribution in [1.29, 1.82) is 0 Å². The van der Waals surface area contributed by atoms with Crippen LogP contribution in [0.5, 0.6) is 0 Å². The molecule has 31 heavy (non-hydrogen) atoms. The van der Waals surface area contributed by atoms with Crippen LogP contribution in [0.15, 0.2) is 72.4 Å². The zero-order chi connectivity index (χ0) is 22.4. The minimum absolute atomic E-state index is 0.129. The van der Waals surface area contributed by atoms with Crippen LogP contribution < -0.4 is 5.32 Å². The summed E-state index contributed by atoms with van der Waals surface area (Å²) in [5, 5.41) is 2.72. The van der Waals surface area contributed by atoms with E-state index in [0.717, 1.165) is 19.3 Å². The molecule has 1 saturated carbocycles. The van der Waals surface area contributed by atoms with Gasteiger partial charge in [-0.3, -0.25) is 4.79 Å². The van der Waals surface area contributed by atoms with Crippen molar-refractivity contribution < 1.29 is 14.3 Å². The molecule has 1 aliphatic carbocycles. The van der Waals surface area contributed by atoms with E-state index in [2.05, 4.69) is 50.4 Å². The van der Waals surface area contributed by atoms with Crippen molar-refractivity contribution in [3.63, 3.8) is 0 Å². The molecule has 1 aliphatic rings. The van der Waals surface area contributed by atoms with E-state index in [-0.39, 0.29) is 29.0 Å². The van der Waals surface area contributed by atoms with Crippen LogP contribution in [0.4, 0.5) is 0 Å². The molecule has 4 heteroatoms. The smallest absolute Gasteiger partial charge is 0.354 e. The van der Waals surface area contributed by atoms with Crippen LogP contribution >= 0.6 is 0 Å². The number of ether oxygens (including phenoxy) is 1. The molecular formula is C27H33NO3. The lowest BCUT2D eigenvalue weighted by atomic mass is 9.64. The van der Waals surface area contributed by atoms with Gasteiger partial charge in [0.25, 0.3) is 5.91 Å². The number of hydrogen-bond donors (Lipinski definition) is 1. The van der Waals surface area contributed by atoms with Crippen molar-refractivity contribution >= 4 is 11.9 Å². The van der Waals surface area contributed by atoms with E-state index in [9.17, 15) is 9.59 Å². The van der Waals surface area contributed by atoms with Gasteiger partial charge in [-0.05, 0) is 48.8 Å². The van der Waals surface area contributed by atoms with Crippen LogP contribution in [0.1, 0.15) is 62.9 Å². The first-order valence-corrected chi connectivity index (χ1v) is 11.1. The lowest BCUT2D eigenvalue weighted by Crippen LogP contribution is -2.44. The fourth-order valence-corrected chi connectivity index (χ4v) is 4.59. The summed E-state index contributed by atoms with van der Waals surface area (Å²) < 4.78 is 6.05. The summed E-state index contributed by atoms with van der Waals surface area (Å²) in [6, 6.07) is 19.3. The number of allylic oxidation sites excluding steroid dienone is 1. The summed E-state index contributed by atoms with van der Waals surface area (Å²) in [4.78, 5) is 25.5. The predicted octanol–water partition coefficient (Wildman–Crippen LogP) is 5.65. The lowest BCUT2D eigenvalue weighted by molar-refractivity contribution is -0.152. The van der Waals surface area contributed by atoms with Crippen LogP contribution in [0.25, 0.3) is 0 Å². The minimum atomic E-state index is -0.472. The Morgan fingerprint density at radius 2 is 1.61 bits per heavy atom. The number of carbonyl (C=O) groups excluding carboxylic acids is 2. The molecule has 0 saturated heterocycles. The highest BCUT2D eigenvalue weighted by Crippen LogP contribution is 2.43. The number of hydrogen-bond acceptors (Lipinski definition) is 3. The van der Waals surface area contributed by atoms with E-state index in [1.807, 2.05) is 12.1 Å². The minimum Gasteiger partial charge on any atom is -0.457 e. The van der Waals surface area contributed by atoms with Crippen LogP contribution in [-0.4, -0.2) is 18.0 Å². The second-order valence-corrected chi connectivity index (χ2v) is 9.08. The van der Waals surface area contributed by atoms with Crippen molar-refractivity contribution in [3.8, 4) is 0 Å². The third-order valence-electron chi connectivity index (χ3n) is 6.55. The average Bonchev–Trinajstić information content (AvgIpc) is 2.78. The van der Waals surface area contributed by atoms with Crippen molar-refractivity contribution in [2.24, 2.45) is 11.8 Å². The maximum absolute atomic E-state index is 13.0. The van der Waals surface area contributed by atoms with Crippen molar-refractivity contribution in [3.05, 3.63) is 83.6 Å². The molecule has 0 heterocycles. The molecule has 3 atom stereocenters. The Balaban J connectivity index is 1.75. The molecule has 0 bridgehead atoms. The molecule has 3 rings (SSSR count). The van der Waals surface area contributed by atoms with E-state index < -0.39 is 5.97 Å². The highest BCUT2D eigenvalue weighted by molar-refractivity contribution is 6.01. The van der Waals surface area contributed by atoms with Crippen LogP contribution in [0.2, 0.25) is 0 Å². The van der Waals surface area contributed by atoms with Gasteiger partial charge >= 0.3 is 5.97 Å². The molecule has 0 aliphatic heterocycles. The first-order chi connectivity index (χ1) is 14.8. The fraction of sp³-hybridized carbons (Fsp3) is 0.407. The fourth-order valence-electron chi connectivity index (χ4n) is 4.59. The zero-order valence-electron chi connectivity index (χ0n) is 18.9. The van der Waals surface area contributed by atoms with Gasteiger partial charge in [-0.15, -0.1) is 0 Å². The Bertz CT molecular complexity index is 918. The van der Waals surface area contributed by atoms with Gasteiger partial charge in [0.1, 0.15) is 11.8 Å². The Kier molecular flexibility index (Phi) is 7.32. The van der Waals surface area contributed by atoms with E-state index in [0.29, 0.717) is 11.5 Å². The third kappa shape index (κ3) is 5.43. The van der Waals surface area contributed by atoms with Gasteiger partial charge in [0, 0.05) is 11.5 Å². The van der Waals surface area contributed by atoms with E-state index in [1.165, 1.54) is 5.56 Å². The lowest BCUT2D eigenvalue weighted by Gasteiger charge is -2.44. The molecule has 0 spiro atoms. The van der Waals surface area contributed by atoms with Crippen molar-refractivity contribution in [2.75, 3.05) is 0 Å². The van der Waals surface area contributed by atoms with Gasteiger partial charge in [0.05, 0.1) is 0 Å². The molecule has 0 radical (unpaired) electrons. The van der Waals surface area contributed by atoms with Gasteiger partial charge in [0.2, 0.25) is 0 Å². The second kappa shape index (κ2) is 9.95. The van der Waals surface area contributed by atoms with Crippen molar-refractivity contribution in [1.82, 2.24) is 5.32 Å². The molecule has 164 valence electrons. The number of carbonyl (C=O) groups is 2. The maximum atomic E-state index is 13.0. The number of benzene rings is 2. The monoisotopic (exact) mass is 419 g/mol. The molecule has 2 aromatic rings. The molecule has 0 unspecified atom stereocenters. The first kappa shape index (κ1) is 22.8. The summed E-state index contributed by atoms with van der Waals surface area (Å²) in [6.45, 7) is 8.41. The Hall–Kier alpha value is -2.88. The third-order valence-corrected chi connectivity index (χ3v) is 6.55. The number of amides is 1. The molecule has 1 N–H and O–H groups in total. The highest BCUT2D eigenvalue weighted by Gasteiger charge is 2.42. The SMILES string of the molecule is C/C=C(/NC(=O)c1ccccc1)C(=O)O[C@@H]1C[C@H](C)CC[C@H]1C(C)(C)c1ccccc1. The van der Waals surface area contributed by atoms with E-state index >= 15 is 0 Å². The Morgan fingerprint density at radius 3 is 2.23 bits per heavy atom. The van der Waals surface area contributed by atoms with Gasteiger partial charge in [-0.2, -0.15) is 0 Å². The summed E-state index contributed by atoms with van der Waals surface area (Å²) in [6.07, 6.45) is 4.36. The number of esters is 1. The summed E-state index contributed by atoms with van der Waals surface area (Å²) in [5.74, 6) is -0.0878. The van der Waals surface area contributed by atoms with Crippen LogP contribution in [0, 0.1) is 11.8 Å². The Morgan fingerprint density at radius 1 is 1.00 bits per heavy atom. The van der Waals surface area contributed by atoms with Gasteiger partial charge in [-0.25, -0.2) is 4.79 Å². The zero-order valence-corrected chi connectivity index (χ0v) is 18.9. The van der Waals surface area contributed by atoms with Gasteiger partial charge in [0.15, 0.2) is 0 Å². The van der Waals surface area contributed by atoms with Crippen LogP contribution in [0.3, 0.4) is 0 Å². The molecule has 1 fully saturated rings. The largest absolute Gasteiger partial charge is 0.457 e. The molecule has 2 aromatic carbocycles. The van der Waals surface area contributed by atoms with E-state index in [4.69, 9.17) is 4.74 Å². The summed E-state index contributed by atoms with van der Waals surface area (Å²) >= 11 is 0. The topological polar surface area (TPSA) is 55.4 Å². The molecule has 4 nitrogen and oxygen atoms in total. The second-order valence-electron chi connectivity index (χ2n) is 9.08. The van der Waals surface area contributed by atoms with Crippen molar-refractivity contribution in [2.45, 2.75) is 58.5 Å². The highest BCUT2D eigenvalue weighted by atomic mass is 16.5. The normalized spacial score (nSPS) is 21.9. The van der Waals surface area contributed by atoms with Gasteiger partial charge < -0.3 is 10.1 Å². The van der Waals surface area contributed by atoms with Gasteiger partial charge in [-0.1, -0.05) is 81.8 Å². The summed E-state index contributed by atoms with van der Waals surface area (Å²) in [7, 11) is 0. The number of nitrogens with one attached hydrogen (secondary N) is 1. The predicted molar refractivity (Wildman–Crippen MR) is 124 cm³/mol. The average molecular weight is 420 g/mol. The molecule has 1 amide bonds. The molecule has 0 aromatic heterocycles. The standard InChI is InChI=1S/C27H33NO3/c1-5-23(28-25(29)20-12-8-6-9-13-20)26(30)31-24-18-19(2)16-17-22(24)27(3,4)21-14-10-7-11-15-21/h5-15,19,22,24H,16-18H2,1-4H3,(H,28,29)/b23-5+/t19-,22-,24-/m1/s1. The first-order valence-electron chi connectivity index (χ1n) is 11.1. The summed E-state index contributed by atoms with van der Waals surface area (Å²) in [5.41, 5.74) is 1.81. The Labute approximate surface area is 185 Å². The molecular weight excluding hydrogens is 386 g/mol. The number of rotatable bonds is 6. The van der Waals surface area contributed by atoms with Crippen LogP contribution in [-0.2, 0) is 14.9 Å². The maximum Gasteiger partial charge on any atom is 0.354 e. The van der Waals surface area contributed by atoms with E-state index in [1.54, 1.807) is 37.3 Å².